The van der Waals surface area contributed by atoms with E-state index in [4.69, 9.17) is 11.6 Å². The molecule has 7 heteroatoms. The van der Waals surface area contributed by atoms with Crippen LogP contribution in [-0.2, 0) is 9.59 Å². The quantitative estimate of drug-likeness (QED) is 0.837. The molecule has 21 heavy (non-hydrogen) atoms. The summed E-state index contributed by atoms with van der Waals surface area (Å²) in [5, 5.41) is 4.51. The van der Waals surface area contributed by atoms with Gasteiger partial charge in [-0.1, -0.05) is 23.7 Å². The number of rotatable bonds is 2. The Balaban J connectivity index is 2.08. The summed E-state index contributed by atoms with van der Waals surface area (Å²) < 4.78 is 26.7. The van der Waals surface area contributed by atoms with Gasteiger partial charge in [0.15, 0.2) is 0 Å². The predicted molar refractivity (Wildman–Crippen MR) is 75.1 cm³/mol. The number of benzene rings is 2. The molecule has 4 nitrogen and oxygen atoms in total. The Hall–Kier alpha value is -2.47. The molecule has 0 saturated carbocycles. The van der Waals surface area contributed by atoms with Crippen molar-refractivity contribution in [1.29, 1.82) is 0 Å². The monoisotopic (exact) mass is 310 g/mol. The lowest BCUT2D eigenvalue weighted by molar-refractivity contribution is -0.133. The highest BCUT2D eigenvalue weighted by Crippen LogP contribution is 2.18. The predicted octanol–water partition coefficient (Wildman–Crippen LogP) is 3.20. The highest BCUT2D eigenvalue weighted by Gasteiger charge is 2.18. The van der Waals surface area contributed by atoms with Crippen molar-refractivity contribution in [3.63, 3.8) is 0 Å². The Morgan fingerprint density at radius 3 is 2.10 bits per heavy atom. The lowest BCUT2D eigenvalue weighted by atomic mass is 10.3. The fourth-order valence-electron chi connectivity index (χ4n) is 1.54. The summed E-state index contributed by atoms with van der Waals surface area (Å²) in [4.78, 5) is 23.3. The van der Waals surface area contributed by atoms with Gasteiger partial charge in [-0.2, -0.15) is 0 Å². The second-order valence-electron chi connectivity index (χ2n) is 4.02. The Morgan fingerprint density at radius 2 is 1.48 bits per heavy atom. The van der Waals surface area contributed by atoms with E-state index in [9.17, 15) is 18.4 Å². The molecule has 0 radical (unpaired) electrons. The molecule has 2 aromatic rings. The maximum absolute atomic E-state index is 13.4. The maximum atomic E-state index is 13.4. The van der Waals surface area contributed by atoms with Crippen molar-refractivity contribution in [2.45, 2.75) is 0 Å². The summed E-state index contributed by atoms with van der Waals surface area (Å²) in [7, 11) is 0. The van der Waals surface area contributed by atoms with Gasteiger partial charge >= 0.3 is 11.8 Å². The van der Waals surface area contributed by atoms with Crippen molar-refractivity contribution >= 4 is 34.8 Å². The number of para-hydroxylation sites is 1. The van der Waals surface area contributed by atoms with E-state index in [0.29, 0.717) is 5.02 Å². The number of nitrogens with one attached hydrogen (secondary N) is 2. The standard InChI is InChI=1S/C14H9ClF2N2O2/c15-8-3-1-4-9(7-8)18-13(20)14(21)19-12-10(16)5-2-6-11(12)17/h1-7H,(H,18,20)(H,19,21). The minimum absolute atomic E-state index is 0.289. The summed E-state index contributed by atoms with van der Waals surface area (Å²) in [5.74, 6) is -4.21. The van der Waals surface area contributed by atoms with Crippen LogP contribution in [0.5, 0.6) is 0 Å². The highest BCUT2D eigenvalue weighted by atomic mass is 35.5. The van der Waals surface area contributed by atoms with Gasteiger partial charge in [-0.05, 0) is 30.3 Å². The van der Waals surface area contributed by atoms with Crippen LogP contribution in [0.2, 0.25) is 5.02 Å². The number of amides is 2. The first kappa shape index (κ1) is 14.9. The first-order chi connectivity index (χ1) is 9.97. The number of carbonyl (C=O) groups is 2. The van der Waals surface area contributed by atoms with Crippen molar-refractivity contribution in [2.24, 2.45) is 0 Å². The molecule has 2 rings (SSSR count). The van der Waals surface area contributed by atoms with Crippen LogP contribution in [0.15, 0.2) is 42.5 Å². The number of halogens is 3. The van der Waals surface area contributed by atoms with Crippen molar-refractivity contribution < 1.29 is 18.4 Å². The molecular weight excluding hydrogens is 302 g/mol. The molecule has 2 N–H and O–H groups in total. The summed E-state index contributed by atoms with van der Waals surface area (Å²) in [5.41, 5.74) is -0.389. The lowest BCUT2D eigenvalue weighted by Gasteiger charge is -2.08. The summed E-state index contributed by atoms with van der Waals surface area (Å²) in [6.45, 7) is 0. The number of anilines is 2. The maximum Gasteiger partial charge on any atom is 0.314 e. The molecular formula is C14H9ClF2N2O2. The van der Waals surface area contributed by atoms with Crippen LogP contribution in [0.1, 0.15) is 0 Å². The molecule has 0 atom stereocenters. The fraction of sp³-hybridized carbons (Fsp3) is 0. The lowest BCUT2D eigenvalue weighted by Crippen LogP contribution is -2.29. The SMILES string of the molecule is O=C(Nc1cccc(Cl)c1)C(=O)Nc1c(F)cccc1F. The van der Waals surface area contributed by atoms with Crippen LogP contribution < -0.4 is 10.6 Å². The summed E-state index contributed by atoms with van der Waals surface area (Å²) in [6.07, 6.45) is 0. The molecule has 108 valence electrons. The van der Waals surface area contributed by atoms with Gasteiger partial charge in [0.25, 0.3) is 0 Å². The van der Waals surface area contributed by atoms with Crippen LogP contribution in [0, 0.1) is 11.6 Å². The van der Waals surface area contributed by atoms with Crippen LogP contribution in [0.25, 0.3) is 0 Å². The van der Waals surface area contributed by atoms with E-state index in [1.165, 1.54) is 12.1 Å². The molecule has 0 aliphatic heterocycles. The third-order valence-corrected chi connectivity index (χ3v) is 2.73. The summed E-state index contributed by atoms with van der Waals surface area (Å²) >= 11 is 5.73. The largest absolute Gasteiger partial charge is 0.318 e. The van der Waals surface area contributed by atoms with Crippen LogP contribution >= 0.6 is 11.6 Å². The van der Waals surface area contributed by atoms with Gasteiger partial charge in [-0.3, -0.25) is 9.59 Å². The Bertz CT molecular complexity index is 687. The Morgan fingerprint density at radius 1 is 0.905 bits per heavy atom. The van der Waals surface area contributed by atoms with E-state index in [-0.39, 0.29) is 5.69 Å². The first-order valence-electron chi connectivity index (χ1n) is 5.79. The van der Waals surface area contributed by atoms with Crippen LogP contribution in [0.4, 0.5) is 20.2 Å². The van der Waals surface area contributed by atoms with E-state index in [1.807, 2.05) is 5.32 Å². The number of hydrogen-bond donors (Lipinski definition) is 2. The number of hydrogen-bond acceptors (Lipinski definition) is 2. The minimum atomic E-state index is -1.20. The molecule has 2 aromatic carbocycles. The first-order valence-corrected chi connectivity index (χ1v) is 6.17. The van der Waals surface area contributed by atoms with Gasteiger partial charge in [0, 0.05) is 10.7 Å². The Labute approximate surface area is 123 Å². The average Bonchev–Trinajstić information content (AvgIpc) is 2.43. The van der Waals surface area contributed by atoms with E-state index >= 15 is 0 Å². The minimum Gasteiger partial charge on any atom is -0.318 e. The van der Waals surface area contributed by atoms with Gasteiger partial charge in [-0.25, -0.2) is 8.78 Å². The van der Waals surface area contributed by atoms with Gasteiger partial charge < -0.3 is 10.6 Å². The molecule has 0 aliphatic rings. The van der Waals surface area contributed by atoms with Crippen molar-refractivity contribution in [3.8, 4) is 0 Å². The molecule has 0 heterocycles. The van der Waals surface area contributed by atoms with Crippen LogP contribution in [0.3, 0.4) is 0 Å². The number of carbonyl (C=O) groups excluding carboxylic acids is 2. The van der Waals surface area contributed by atoms with Crippen molar-refractivity contribution in [1.82, 2.24) is 0 Å². The average molecular weight is 311 g/mol. The molecule has 0 bridgehead atoms. The second kappa shape index (κ2) is 6.32. The van der Waals surface area contributed by atoms with Crippen LogP contribution in [-0.4, -0.2) is 11.8 Å². The molecule has 0 aromatic heterocycles. The van der Waals surface area contributed by atoms with Gasteiger partial charge in [0.2, 0.25) is 0 Å². The van der Waals surface area contributed by atoms with E-state index in [0.717, 1.165) is 18.2 Å². The van der Waals surface area contributed by atoms with E-state index in [1.54, 1.807) is 12.1 Å². The topological polar surface area (TPSA) is 58.2 Å². The fourth-order valence-corrected chi connectivity index (χ4v) is 1.73. The zero-order valence-corrected chi connectivity index (χ0v) is 11.2. The molecule has 0 fully saturated rings. The zero-order chi connectivity index (χ0) is 15.4. The van der Waals surface area contributed by atoms with Crippen molar-refractivity contribution in [3.05, 3.63) is 59.1 Å². The third kappa shape index (κ3) is 3.76. The molecule has 0 aliphatic carbocycles. The summed E-state index contributed by atoms with van der Waals surface area (Å²) in [6, 6.07) is 9.18. The molecule has 2 amide bonds. The Kier molecular flexibility index (Phi) is 4.49. The highest BCUT2D eigenvalue weighted by molar-refractivity contribution is 6.43. The third-order valence-electron chi connectivity index (χ3n) is 2.49. The molecule has 0 saturated heterocycles. The van der Waals surface area contributed by atoms with E-state index in [2.05, 4.69) is 5.32 Å². The van der Waals surface area contributed by atoms with E-state index < -0.39 is 29.1 Å². The van der Waals surface area contributed by atoms with Gasteiger partial charge in [-0.15, -0.1) is 0 Å². The smallest absolute Gasteiger partial charge is 0.314 e. The zero-order valence-electron chi connectivity index (χ0n) is 10.5. The molecule has 0 spiro atoms. The van der Waals surface area contributed by atoms with Gasteiger partial charge in [0.05, 0.1) is 0 Å². The second-order valence-corrected chi connectivity index (χ2v) is 4.45. The normalized spacial score (nSPS) is 10.0. The van der Waals surface area contributed by atoms with Gasteiger partial charge in [0.1, 0.15) is 17.3 Å². The van der Waals surface area contributed by atoms with Crippen molar-refractivity contribution in [2.75, 3.05) is 10.6 Å². The molecule has 0 unspecified atom stereocenters.